The Labute approximate surface area is 113 Å². The topological polar surface area (TPSA) is 55.1 Å². The van der Waals surface area contributed by atoms with Gasteiger partial charge < -0.3 is 11.1 Å². The van der Waals surface area contributed by atoms with E-state index in [1.807, 2.05) is 0 Å². The Morgan fingerprint density at radius 2 is 1.84 bits per heavy atom. The van der Waals surface area contributed by atoms with Gasteiger partial charge in [-0.1, -0.05) is 11.6 Å². The molecule has 2 rings (SSSR count). The van der Waals surface area contributed by atoms with E-state index in [9.17, 15) is 13.6 Å². The van der Waals surface area contributed by atoms with Crippen molar-refractivity contribution in [1.82, 2.24) is 0 Å². The van der Waals surface area contributed by atoms with Crippen molar-refractivity contribution in [3.8, 4) is 0 Å². The fourth-order valence-corrected chi connectivity index (χ4v) is 1.70. The molecular formula is C13H9ClF2N2O. The molecule has 6 heteroatoms. The van der Waals surface area contributed by atoms with Gasteiger partial charge in [0.05, 0.1) is 10.7 Å². The van der Waals surface area contributed by atoms with Crippen molar-refractivity contribution >= 4 is 28.9 Å². The zero-order chi connectivity index (χ0) is 14.0. The highest BCUT2D eigenvalue weighted by Gasteiger charge is 2.11. The molecule has 98 valence electrons. The number of benzene rings is 2. The van der Waals surface area contributed by atoms with Crippen LogP contribution in [0.5, 0.6) is 0 Å². The van der Waals surface area contributed by atoms with Crippen LogP contribution in [-0.2, 0) is 0 Å². The Morgan fingerprint density at radius 1 is 1.11 bits per heavy atom. The van der Waals surface area contributed by atoms with Gasteiger partial charge in [0.2, 0.25) is 0 Å². The Hall–Kier alpha value is -2.14. The van der Waals surface area contributed by atoms with E-state index in [0.717, 1.165) is 24.3 Å². The summed E-state index contributed by atoms with van der Waals surface area (Å²) in [5, 5.41) is 2.57. The monoisotopic (exact) mass is 282 g/mol. The lowest BCUT2D eigenvalue weighted by molar-refractivity contribution is 0.102. The fourth-order valence-electron chi connectivity index (χ4n) is 1.53. The number of halogens is 3. The second kappa shape index (κ2) is 5.24. The van der Waals surface area contributed by atoms with Crippen molar-refractivity contribution in [2.45, 2.75) is 0 Å². The van der Waals surface area contributed by atoms with Crippen LogP contribution in [0, 0.1) is 11.6 Å². The van der Waals surface area contributed by atoms with Gasteiger partial charge in [-0.05, 0) is 36.4 Å². The number of carbonyl (C=O) groups excluding carboxylic acids is 1. The van der Waals surface area contributed by atoms with E-state index in [1.165, 1.54) is 12.1 Å². The van der Waals surface area contributed by atoms with Crippen LogP contribution in [0.1, 0.15) is 10.4 Å². The van der Waals surface area contributed by atoms with E-state index in [0.29, 0.717) is 0 Å². The lowest BCUT2D eigenvalue weighted by Gasteiger charge is -2.08. The molecule has 0 saturated carbocycles. The Balaban J connectivity index is 2.28. The number of hydrogen-bond donors (Lipinski definition) is 2. The fraction of sp³-hybridized carbons (Fsp3) is 0. The molecule has 0 heterocycles. The zero-order valence-electron chi connectivity index (χ0n) is 9.58. The molecular weight excluding hydrogens is 274 g/mol. The van der Waals surface area contributed by atoms with Gasteiger partial charge in [0.1, 0.15) is 11.6 Å². The smallest absolute Gasteiger partial charge is 0.255 e. The number of carbonyl (C=O) groups is 1. The first kappa shape index (κ1) is 13.3. The molecule has 2 aromatic rings. The molecule has 0 atom stereocenters. The molecule has 0 bridgehead atoms. The molecule has 2 aromatic carbocycles. The summed E-state index contributed by atoms with van der Waals surface area (Å²) in [5.74, 6) is -1.80. The largest absolute Gasteiger partial charge is 0.399 e. The second-order valence-corrected chi connectivity index (χ2v) is 4.26. The molecule has 0 spiro atoms. The van der Waals surface area contributed by atoms with Crippen molar-refractivity contribution in [1.29, 1.82) is 0 Å². The summed E-state index contributed by atoms with van der Waals surface area (Å²) in [4.78, 5) is 11.9. The molecule has 0 radical (unpaired) electrons. The number of hydrogen-bond acceptors (Lipinski definition) is 2. The average Bonchev–Trinajstić information content (AvgIpc) is 2.32. The van der Waals surface area contributed by atoms with Crippen LogP contribution in [0.15, 0.2) is 36.4 Å². The van der Waals surface area contributed by atoms with Crippen LogP contribution >= 0.6 is 11.6 Å². The maximum atomic E-state index is 13.1. The summed E-state index contributed by atoms with van der Waals surface area (Å²) in [6.45, 7) is 0. The highest BCUT2D eigenvalue weighted by Crippen LogP contribution is 2.23. The van der Waals surface area contributed by atoms with Gasteiger partial charge in [0.25, 0.3) is 5.91 Å². The van der Waals surface area contributed by atoms with Gasteiger partial charge in [-0.25, -0.2) is 8.78 Å². The van der Waals surface area contributed by atoms with Crippen molar-refractivity contribution in [3.63, 3.8) is 0 Å². The zero-order valence-corrected chi connectivity index (χ0v) is 10.3. The summed E-state index contributed by atoms with van der Waals surface area (Å²) in [6, 6.07) is 6.98. The van der Waals surface area contributed by atoms with Crippen LogP contribution in [0.2, 0.25) is 5.02 Å². The van der Waals surface area contributed by atoms with Crippen LogP contribution in [-0.4, -0.2) is 5.91 Å². The van der Waals surface area contributed by atoms with Crippen molar-refractivity contribution in [2.75, 3.05) is 11.1 Å². The van der Waals surface area contributed by atoms with E-state index in [-0.39, 0.29) is 22.0 Å². The molecule has 0 aliphatic carbocycles. The van der Waals surface area contributed by atoms with Crippen molar-refractivity contribution in [2.24, 2.45) is 0 Å². The molecule has 0 fully saturated rings. The minimum atomic E-state index is -0.629. The van der Waals surface area contributed by atoms with Gasteiger partial charge in [0.15, 0.2) is 0 Å². The Morgan fingerprint density at radius 3 is 2.53 bits per heavy atom. The standard InChI is InChI=1S/C13H9ClF2N2O/c14-11-2-1-8(15)6-12(11)18-13(19)7-3-9(16)5-10(17)4-7/h1-6H,17H2,(H,18,19). The first-order valence-electron chi connectivity index (χ1n) is 5.28. The molecule has 19 heavy (non-hydrogen) atoms. The molecule has 1 amide bonds. The number of nitrogens with two attached hydrogens (primary N) is 1. The van der Waals surface area contributed by atoms with Crippen molar-refractivity contribution in [3.05, 3.63) is 58.6 Å². The van der Waals surface area contributed by atoms with E-state index < -0.39 is 17.5 Å². The third-order valence-electron chi connectivity index (χ3n) is 2.36. The van der Waals surface area contributed by atoms with E-state index in [1.54, 1.807) is 0 Å². The predicted octanol–water partition coefficient (Wildman–Crippen LogP) is 3.45. The van der Waals surface area contributed by atoms with Crippen LogP contribution < -0.4 is 11.1 Å². The average molecular weight is 283 g/mol. The molecule has 3 nitrogen and oxygen atoms in total. The summed E-state index contributed by atoms with van der Waals surface area (Å²) in [5.41, 5.74) is 5.69. The number of nitrogen functional groups attached to an aromatic ring is 1. The minimum Gasteiger partial charge on any atom is -0.399 e. The van der Waals surface area contributed by atoms with Gasteiger partial charge >= 0.3 is 0 Å². The predicted molar refractivity (Wildman–Crippen MR) is 70.2 cm³/mol. The number of nitrogens with one attached hydrogen (secondary N) is 1. The molecule has 3 N–H and O–H groups in total. The SMILES string of the molecule is Nc1cc(F)cc(C(=O)Nc2cc(F)ccc2Cl)c1. The van der Waals surface area contributed by atoms with Gasteiger partial charge in [-0.3, -0.25) is 4.79 Å². The van der Waals surface area contributed by atoms with Gasteiger partial charge in [-0.15, -0.1) is 0 Å². The maximum absolute atomic E-state index is 13.1. The van der Waals surface area contributed by atoms with Crippen molar-refractivity contribution < 1.29 is 13.6 Å². The van der Waals surface area contributed by atoms with E-state index >= 15 is 0 Å². The number of anilines is 2. The van der Waals surface area contributed by atoms with Crippen LogP contribution in [0.25, 0.3) is 0 Å². The van der Waals surface area contributed by atoms with Gasteiger partial charge in [0, 0.05) is 11.3 Å². The summed E-state index contributed by atoms with van der Waals surface area (Å²) in [6.07, 6.45) is 0. The number of amides is 1. The molecule has 0 aliphatic rings. The van der Waals surface area contributed by atoms with E-state index in [2.05, 4.69) is 5.32 Å². The maximum Gasteiger partial charge on any atom is 0.255 e. The van der Waals surface area contributed by atoms with Gasteiger partial charge in [-0.2, -0.15) is 0 Å². The highest BCUT2D eigenvalue weighted by molar-refractivity contribution is 6.33. The first-order chi connectivity index (χ1) is 8.95. The van der Waals surface area contributed by atoms with Crippen LogP contribution in [0.4, 0.5) is 20.2 Å². The third kappa shape index (κ3) is 3.20. The summed E-state index contributed by atoms with van der Waals surface area (Å²) in [7, 11) is 0. The Kier molecular flexibility index (Phi) is 3.66. The lowest BCUT2D eigenvalue weighted by Crippen LogP contribution is -2.13. The third-order valence-corrected chi connectivity index (χ3v) is 2.69. The number of rotatable bonds is 2. The Bertz CT molecular complexity index is 626. The summed E-state index contributed by atoms with van der Waals surface area (Å²) >= 11 is 5.81. The minimum absolute atomic E-state index is 0.0258. The lowest BCUT2D eigenvalue weighted by atomic mass is 10.1. The second-order valence-electron chi connectivity index (χ2n) is 3.85. The quantitative estimate of drug-likeness (QED) is 0.829. The highest BCUT2D eigenvalue weighted by atomic mass is 35.5. The normalized spacial score (nSPS) is 10.3. The molecule has 0 unspecified atom stereocenters. The van der Waals surface area contributed by atoms with E-state index in [4.69, 9.17) is 17.3 Å². The summed E-state index contributed by atoms with van der Waals surface area (Å²) < 4.78 is 26.2. The van der Waals surface area contributed by atoms with Crippen LogP contribution in [0.3, 0.4) is 0 Å². The molecule has 0 saturated heterocycles. The molecule has 0 aromatic heterocycles. The first-order valence-corrected chi connectivity index (χ1v) is 5.66. The molecule has 0 aliphatic heterocycles.